The minimum Gasteiger partial charge on any atom is -0.383 e. The second kappa shape index (κ2) is 6.89. The summed E-state index contributed by atoms with van der Waals surface area (Å²) in [5.41, 5.74) is 0. The fourth-order valence-corrected chi connectivity index (χ4v) is 0.686. The van der Waals surface area contributed by atoms with Crippen LogP contribution in [0.4, 0.5) is 0 Å². The van der Waals surface area contributed by atoms with Crippen molar-refractivity contribution in [3.63, 3.8) is 0 Å². The lowest BCUT2D eigenvalue weighted by Gasteiger charge is -2.01. The summed E-state index contributed by atoms with van der Waals surface area (Å²) in [7, 11) is 1.60. The van der Waals surface area contributed by atoms with Crippen LogP contribution < -0.4 is 5.32 Å². The molecule has 3 nitrogen and oxygen atoms in total. The van der Waals surface area contributed by atoms with Gasteiger partial charge in [0.05, 0.1) is 6.61 Å². The predicted octanol–water partition coefficient (Wildman–Crippen LogP) is 0.0689. The lowest BCUT2D eigenvalue weighted by Crippen LogP contribution is -2.26. The number of amides is 1. The van der Waals surface area contributed by atoms with Crippen molar-refractivity contribution >= 4 is 18.5 Å². The molecular weight excluding hydrogens is 150 g/mol. The van der Waals surface area contributed by atoms with Crippen LogP contribution in [0, 0.1) is 0 Å². The van der Waals surface area contributed by atoms with Crippen molar-refractivity contribution < 1.29 is 9.53 Å². The van der Waals surface area contributed by atoms with Crippen LogP contribution in [0.1, 0.15) is 6.42 Å². The molecule has 0 fully saturated rings. The third-order valence-corrected chi connectivity index (χ3v) is 1.19. The molecule has 10 heavy (non-hydrogen) atoms. The molecule has 0 aliphatic carbocycles. The third kappa shape index (κ3) is 5.91. The number of methoxy groups -OCH3 is 1. The van der Waals surface area contributed by atoms with Crippen molar-refractivity contribution in [2.75, 3.05) is 26.0 Å². The average Bonchev–Trinajstić information content (AvgIpc) is 1.89. The summed E-state index contributed by atoms with van der Waals surface area (Å²) in [5, 5.41) is 2.67. The molecule has 1 N–H and O–H groups in total. The highest BCUT2D eigenvalue weighted by atomic mass is 32.1. The van der Waals surface area contributed by atoms with Crippen molar-refractivity contribution in [3.05, 3.63) is 0 Å². The van der Waals surface area contributed by atoms with E-state index in [0.717, 1.165) is 0 Å². The highest BCUT2D eigenvalue weighted by molar-refractivity contribution is 7.80. The van der Waals surface area contributed by atoms with Crippen molar-refractivity contribution in [2.45, 2.75) is 6.42 Å². The molecule has 0 aromatic rings. The Morgan fingerprint density at radius 3 is 2.90 bits per heavy atom. The topological polar surface area (TPSA) is 38.3 Å². The van der Waals surface area contributed by atoms with Gasteiger partial charge in [-0.15, -0.1) is 0 Å². The monoisotopic (exact) mass is 163 g/mol. The second-order valence-corrected chi connectivity index (χ2v) is 2.26. The maximum absolute atomic E-state index is 10.7. The van der Waals surface area contributed by atoms with Crippen LogP contribution in [-0.4, -0.2) is 31.9 Å². The Hall–Kier alpha value is -0.220. The molecule has 0 rings (SSSR count). The van der Waals surface area contributed by atoms with Gasteiger partial charge in [0.15, 0.2) is 0 Å². The number of hydrogen-bond acceptors (Lipinski definition) is 3. The molecule has 0 aromatic carbocycles. The molecule has 0 spiro atoms. The first-order chi connectivity index (χ1) is 4.81. The first-order valence-electron chi connectivity index (χ1n) is 3.17. The summed E-state index contributed by atoms with van der Waals surface area (Å²) in [6.45, 7) is 1.15. The Labute approximate surface area is 66.5 Å². The van der Waals surface area contributed by atoms with Crippen LogP contribution in [0.5, 0.6) is 0 Å². The van der Waals surface area contributed by atoms with E-state index in [1.54, 1.807) is 7.11 Å². The molecule has 1 amide bonds. The van der Waals surface area contributed by atoms with E-state index < -0.39 is 0 Å². The number of rotatable bonds is 5. The molecule has 0 saturated heterocycles. The fraction of sp³-hybridized carbons (Fsp3) is 0.833. The molecule has 0 radical (unpaired) electrons. The van der Waals surface area contributed by atoms with Gasteiger partial charge in [0, 0.05) is 20.1 Å². The van der Waals surface area contributed by atoms with Gasteiger partial charge in [-0.1, -0.05) is 0 Å². The summed E-state index contributed by atoms with van der Waals surface area (Å²) in [6, 6.07) is 0. The van der Waals surface area contributed by atoms with Gasteiger partial charge in [-0.05, 0) is 5.75 Å². The van der Waals surface area contributed by atoms with Crippen LogP contribution in [0.25, 0.3) is 0 Å². The van der Waals surface area contributed by atoms with Gasteiger partial charge in [0.25, 0.3) is 0 Å². The van der Waals surface area contributed by atoms with E-state index in [4.69, 9.17) is 4.74 Å². The minimum absolute atomic E-state index is 0.0343. The smallest absolute Gasteiger partial charge is 0.220 e. The standard InChI is InChI=1S/C6H13NO2S/c1-9-4-3-7-6(8)2-5-10/h10H,2-5H2,1H3,(H,7,8). The van der Waals surface area contributed by atoms with Crippen LogP contribution in [0.15, 0.2) is 0 Å². The van der Waals surface area contributed by atoms with E-state index >= 15 is 0 Å². The van der Waals surface area contributed by atoms with Crippen molar-refractivity contribution in [3.8, 4) is 0 Å². The number of carbonyl (C=O) groups is 1. The van der Waals surface area contributed by atoms with Gasteiger partial charge in [0.1, 0.15) is 0 Å². The van der Waals surface area contributed by atoms with Crippen molar-refractivity contribution in [1.29, 1.82) is 0 Å². The van der Waals surface area contributed by atoms with E-state index in [1.807, 2.05) is 0 Å². The largest absolute Gasteiger partial charge is 0.383 e. The van der Waals surface area contributed by atoms with Gasteiger partial charge in [-0.25, -0.2) is 0 Å². The Morgan fingerprint density at radius 1 is 1.70 bits per heavy atom. The number of carbonyl (C=O) groups excluding carboxylic acids is 1. The van der Waals surface area contributed by atoms with Gasteiger partial charge in [-0.2, -0.15) is 12.6 Å². The molecule has 0 saturated carbocycles. The molecular formula is C6H13NO2S. The number of thiol groups is 1. The zero-order valence-electron chi connectivity index (χ0n) is 6.09. The Kier molecular flexibility index (Phi) is 6.74. The van der Waals surface area contributed by atoms with Gasteiger partial charge >= 0.3 is 0 Å². The summed E-state index contributed by atoms with van der Waals surface area (Å²) in [4.78, 5) is 10.7. The highest BCUT2D eigenvalue weighted by Crippen LogP contribution is 1.82. The molecule has 0 atom stereocenters. The number of ether oxygens (including phenoxy) is 1. The van der Waals surface area contributed by atoms with Crippen LogP contribution in [0.3, 0.4) is 0 Å². The van der Waals surface area contributed by atoms with Gasteiger partial charge in [0.2, 0.25) is 5.91 Å². The second-order valence-electron chi connectivity index (χ2n) is 1.82. The zero-order valence-corrected chi connectivity index (χ0v) is 6.99. The third-order valence-electron chi connectivity index (χ3n) is 0.967. The van der Waals surface area contributed by atoms with Gasteiger partial charge < -0.3 is 10.1 Å². The fourth-order valence-electron chi connectivity index (χ4n) is 0.482. The van der Waals surface area contributed by atoms with E-state index in [2.05, 4.69) is 17.9 Å². The van der Waals surface area contributed by atoms with Crippen molar-refractivity contribution in [2.24, 2.45) is 0 Å². The molecule has 0 bridgehead atoms. The van der Waals surface area contributed by atoms with E-state index in [1.165, 1.54) is 0 Å². The molecule has 60 valence electrons. The Morgan fingerprint density at radius 2 is 2.40 bits per heavy atom. The molecule has 0 heterocycles. The molecule has 0 aromatic heterocycles. The van der Waals surface area contributed by atoms with Crippen LogP contribution in [0.2, 0.25) is 0 Å². The first-order valence-corrected chi connectivity index (χ1v) is 3.81. The molecule has 0 unspecified atom stereocenters. The number of hydrogen-bond donors (Lipinski definition) is 2. The Balaban J connectivity index is 3.05. The summed E-state index contributed by atoms with van der Waals surface area (Å²) in [5.74, 6) is 0.630. The first kappa shape index (κ1) is 9.78. The van der Waals surface area contributed by atoms with Crippen molar-refractivity contribution in [1.82, 2.24) is 5.32 Å². The van der Waals surface area contributed by atoms with E-state index in [0.29, 0.717) is 25.3 Å². The summed E-state index contributed by atoms with van der Waals surface area (Å²) < 4.78 is 4.74. The zero-order chi connectivity index (χ0) is 7.82. The van der Waals surface area contributed by atoms with Gasteiger partial charge in [-0.3, -0.25) is 4.79 Å². The van der Waals surface area contributed by atoms with Crippen LogP contribution >= 0.6 is 12.6 Å². The lowest BCUT2D eigenvalue weighted by atomic mass is 10.4. The summed E-state index contributed by atoms with van der Waals surface area (Å²) in [6.07, 6.45) is 0.479. The van der Waals surface area contributed by atoms with E-state index in [9.17, 15) is 4.79 Å². The average molecular weight is 163 g/mol. The normalized spacial score (nSPS) is 9.40. The minimum atomic E-state index is 0.0343. The van der Waals surface area contributed by atoms with Crippen LogP contribution in [-0.2, 0) is 9.53 Å². The SMILES string of the molecule is COCCNC(=O)CCS. The van der Waals surface area contributed by atoms with E-state index in [-0.39, 0.29) is 5.91 Å². The molecule has 0 aliphatic heterocycles. The quantitative estimate of drug-likeness (QED) is 0.444. The summed E-state index contributed by atoms with van der Waals surface area (Å²) >= 11 is 3.91. The maximum Gasteiger partial charge on any atom is 0.220 e. The number of nitrogens with one attached hydrogen (secondary N) is 1. The maximum atomic E-state index is 10.7. The highest BCUT2D eigenvalue weighted by Gasteiger charge is 1.95. The predicted molar refractivity (Wildman–Crippen MR) is 43.4 cm³/mol. The molecule has 4 heteroatoms. The molecule has 0 aliphatic rings. The Bertz CT molecular complexity index is 97.7. The lowest BCUT2D eigenvalue weighted by molar-refractivity contribution is -0.120.